The van der Waals surface area contributed by atoms with Crippen LogP contribution in [0.25, 0.3) is 0 Å². The Kier molecular flexibility index (Phi) is 2.71. The molecule has 92 valence electrons. The second-order valence-corrected chi connectivity index (χ2v) is 7.36. The number of benzene rings is 1. The van der Waals surface area contributed by atoms with Crippen LogP contribution >= 0.6 is 0 Å². The lowest BCUT2D eigenvalue weighted by Crippen LogP contribution is -2.22. The summed E-state index contributed by atoms with van der Waals surface area (Å²) >= 11 is 0. The molecule has 2 fully saturated rings. The highest BCUT2D eigenvalue weighted by Gasteiger charge is 2.43. The molecule has 17 heavy (non-hydrogen) atoms. The molecule has 1 aliphatic heterocycles. The topological polar surface area (TPSA) is 46.2 Å². The van der Waals surface area contributed by atoms with Crippen molar-refractivity contribution in [3.8, 4) is 0 Å². The number of nitrogens with one attached hydrogen (secondary N) is 1. The van der Waals surface area contributed by atoms with Gasteiger partial charge in [0.1, 0.15) is 0 Å². The molecule has 1 aliphatic carbocycles. The summed E-state index contributed by atoms with van der Waals surface area (Å²) in [5.74, 6) is 1.14. The summed E-state index contributed by atoms with van der Waals surface area (Å²) in [5.41, 5.74) is 0. The molecule has 1 saturated heterocycles. The van der Waals surface area contributed by atoms with Gasteiger partial charge in [0.25, 0.3) is 0 Å². The lowest BCUT2D eigenvalue weighted by atomic mass is 10.0. The van der Waals surface area contributed by atoms with E-state index in [-0.39, 0.29) is 5.25 Å². The lowest BCUT2D eigenvalue weighted by Gasteiger charge is -2.12. The molecule has 3 rings (SSSR count). The van der Waals surface area contributed by atoms with Crippen LogP contribution in [0.2, 0.25) is 0 Å². The molecule has 1 heterocycles. The second kappa shape index (κ2) is 4.10. The number of rotatable bonds is 2. The first kappa shape index (κ1) is 11.2. The maximum absolute atomic E-state index is 12.4. The van der Waals surface area contributed by atoms with E-state index in [0.29, 0.717) is 16.7 Å². The van der Waals surface area contributed by atoms with Gasteiger partial charge in [-0.3, -0.25) is 0 Å². The Hall–Kier alpha value is -0.870. The fourth-order valence-electron chi connectivity index (χ4n) is 3.17. The van der Waals surface area contributed by atoms with Crippen LogP contribution in [-0.2, 0) is 9.84 Å². The average molecular weight is 251 g/mol. The quantitative estimate of drug-likeness (QED) is 0.865. The second-order valence-electron chi connectivity index (χ2n) is 5.13. The molecule has 1 saturated carbocycles. The van der Waals surface area contributed by atoms with E-state index in [1.807, 2.05) is 6.07 Å². The Bertz CT molecular complexity index is 485. The first-order valence-corrected chi connectivity index (χ1v) is 7.72. The van der Waals surface area contributed by atoms with E-state index < -0.39 is 9.84 Å². The van der Waals surface area contributed by atoms with Crippen molar-refractivity contribution >= 4 is 9.84 Å². The van der Waals surface area contributed by atoms with E-state index in [0.717, 1.165) is 25.9 Å². The molecular weight excluding hydrogens is 234 g/mol. The van der Waals surface area contributed by atoms with Crippen LogP contribution in [0.15, 0.2) is 35.2 Å². The highest BCUT2D eigenvalue weighted by Crippen LogP contribution is 2.39. The molecule has 4 heteroatoms. The Morgan fingerprint density at radius 2 is 1.59 bits per heavy atom. The van der Waals surface area contributed by atoms with E-state index in [9.17, 15) is 8.42 Å². The third-order valence-electron chi connectivity index (χ3n) is 4.12. The van der Waals surface area contributed by atoms with Crippen molar-refractivity contribution in [1.82, 2.24) is 5.32 Å². The van der Waals surface area contributed by atoms with E-state index in [1.165, 1.54) is 0 Å². The van der Waals surface area contributed by atoms with Crippen LogP contribution in [0, 0.1) is 11.8 Å². The Balaban J connectivity index is 1.86. The van der Waals surface area contributed by atoms with Crippen molar-refractivity contribution in [3.05, 3.63) is 30.3 Å². The van der Waals surface area contributed by atoms with Gasteiger partial charge >= 0.3 is 0 Å². The monoisotopic (exact) mass is 251 g/mol. The minimum atomic E-state index is -3.11. The molecule has 0 spiro atoms. The zero-order valence-electron chi connectivity index (χ0n) is 9.67. The SMILES string of the molecule is O=S(=O)(c1ccccc1)C1C[C@@H]2CNC[C@H]2C1. The molecule has 3 nitrogen and oxygen atoms in total. The summed E-state index contributed by atoms with van der Waals surface area (Å²) in [7, 11) is -3.11. The summed E-state index contributed by atoms with van der Waals surface area (Å²) in [6.45, 7) is 1.98. The molecule has 0 radical (unpaired) electrons. The molecule has 1 aromatic carbocycles. The highest BCUT2D eigenvalue weighted by molar-refractivity contribution is 7.92. The van der Waals surface area contributed by atoms with E-state index >= 15 is 0 Å². The third kappa shape index (κ3) is 1.89. The third-order valence-corrected chi connectivity index (χ3v) is 6.31. The van der Waals surface area contributed by atoms with Gasteiger partial charge in [-0.1, -0.05) is 18.2 Å². The summed E-state index contributed by atoms with van der Waals surface area (Å²) in [4.78, 5) is 0.484. The molecule has 2 aliphatic rings. The molecule has 1 N–H and O–H groups in total. The van der Waals surface area contributed by atoms with Crippen LogP contribution in [0.3, 0.4) is 0 Å². The summed E-state index contributed by atoms with van der Waals surface area (Å²) < 4.78 is 24.9. The van der Waals surface area contributed by atoms with Gasteiger partial charge in [-0.05, 0) is 49.9 Å². The predicted octanol–water partition coefficient (Wildman–Crippen LogP) is 1.46. The smallest absolute Gasteiger partial charge is 0.181 e. The van der Waals surface area contributed by atoms with Crippen molar-refractivity contribution in [2.75, 3.05) is 13.1 Å². The van der Waals surface area contributed by atoms with Gasteiger partial charge in [0.05, 0.1) is 10.1 Å². The normalized spacial score (nSPS) is 29.4. The molecule has 0 aromatic heterocycles. The molecule has 0 unspecified atom stereocenters. The zero-order chi connectivity index (χ0) is 11.9. The number of sulfone groups is 1. The molecule has 1 aromatic rings. The lowest BCUT2D eigenvalue weighted by molar-refractivity contribution is 0.494. The van der Waals surface area contributed by atoms with Crippen LogP contribution in [0.4, 0.5) is 0 Å². The van der Waals surface area contributed by atoms with Gasteiger partial charge < -0.3 is 5.32 Å². The Morgan fingerprint density at radius 1 is 1.00 bits per heavy atom. The van der Waals surface area contributed by atoms with Gasteiger partial charge in [-0.2, -0.15) is 0 Å². The molecule has 2 atom stereocenters. The highest BCUT2D eigenvalue weighted by atomic mass is 32.2. The van der Waals surface area contributed by atoms with Crippen LogP contribution < -0.4 is 5.32 Å². The average Bonchev–Trinajstić information content (AvgIpc) is 2.90. The van der Waals surface area contributed by atoms with Gasteiger partial charge in [0.15, 0.2) is 9.84 Å². The number of hydrogen-bond acceptors (Lipinski definition) is 3. The first-order chi connectivity index (χ1) is 8.18. The predicted molar refractivity (Wildman–Crippen MR) is 66.5 cm³/mol. The van der Waals surface area contributed by atoms with Crippen LogP contribution in [0.5, 0.6) is 0 Å². The number of hydrogen-bond donors (Lipinski definition) is 1. The van der Waals surface area contributed by atoms with E-state index in [1.54, 1.807) is 24.3 Å². The molecule has 0 amide bonds. The van der Waals surface area contributed by atoms with Crippen LogP contribution in [-0.4, -0.2) is 26.8 Å². The van der Waals surface area contributed by atoms with Gasteiger partial charge in [0.2, 0.25) is 0 Å². The fraction of sp³-hybridized carbons (Fsp3) is 0.538. The minimum absolute atomic E-state index is 0.165. The van der Waals surface area contributed by atoms with Crippen molar-refractivity contribution < 1.29 is 8.42 Å². The number of fused-ring (bicyclic) bond motifs is 1. The van der Waals surface area contributed by atoms with Crippen molar-refractivity contribution in [3.63, 3.8) is 0 Å². The molecule has 0 bridgehead atoms. The van der Waals surface area contributed by atoms with Crippen molar-refractivity contribution in [2.45, 2.75) is 23.0 Å². The largest absolute Gasteiger partial charge is 0.316 e. The van der Waals surface area contributed by atoms with E-state index in [4.69, 9.17) is 0 Å². The minimum Gasteiger partial charge on any atom is -0.316 e. The standard InChI is InChI=1S/C13H17NO2S/c15-17(16,12-4-2-1-3-5-12)13-6-10-8-14-9-11(10)7-13/h1-5,10-11,13-14H,6-9H2/t10-,11-/m1/s1. The Morgan fingerprint density at radius 3 is 2.18 bits per heavy atom. The zero-order valence-corrected chi connectivity index (χ0v) is 10.5. The maximum atomic E-state index is 12.4. The summed E-state index contributed by atoms with van der Waals surface area (Å²) in [6.07, 6.45) is 1.66. The van der Waals surface area contributed by atoms with Crippen LogP contribution in [0.1, 0.15) is 12.8 Å². The Labute approximate surface area is 102 Å². The van der Waals surface area contributed by atoms with Gasteiger partial charge in [-0.25, -0.2) is 8.42 Å². The fourth-order valence-corrected chi connectivity index (χ4v) is 5.09. The van der Waals surface area contributed by atoms with Crippen molar-refractivity contribution in [2.24, 2.45) is 11.8 Å². The van der Waals surface area contributed by atoms with E-state index in [2.05, 4.69) is 5.32 Å². The maximum Gasteiger partial charge on any atom is 0.181 e. The summed E-state index contributed by atoms with van der Waals surface area (Å²) in [6, 6.07) is 8.87. The summed E-state index contributed by atoms with van der Waals surface area (Å²) in [5, 5.41) is 3.18. The van der Waals surface area contributed by atoms with Gasteiger partial charge in [-0.15, -0.1) is 0 Å². The molecular formula is C13H17NO2S. The first-order valence-electron chi connectivity index (χ1n) is 6.17. The van der Waals surface area contributed by atoms with Crippen molar-refractivity contribution in [1.29, 1.82) is 0 Å². The van der Waals surface area contributed by atoms with Gasteiger partial charge in [0, 0.05) is 0 Å².